The van der Waals surface area contributed by atoms with E-state index in [1.165, 1.54) is 25.7 Å². The molecule has 1 saturated carbocycles. The molecule has 3 aliphatic rings. The van der Waals surface area contributed by atoms with Crippen molar-refractivity contribution in [3.63, 3.8) is 0 Å². The Kier molecular flexibility index (Phi) is 8.72. The summed E-state index contributed by atoms with van der Waals surface area (Å²) in [5, 5.41) is 0.630. The third-order valence-electron chi connectivity index (χ3n) is 7.73. The van der Waals surface area contributed by atoms with E-state index in [1.807, 2.05) is 34.1 Å². The molecule has 0 bridgehead atoms. The molecule has 7 nitrogen and oxygen atoms in total. The number of nitrogens with zero attached hydrogens (tertiary/aromatic N) is 4. The van der Waals surface area contributed by atoms with Gasteiger partial charge in [-0.3, -0.25) is 14.5 Å². The summed E-state index contributed by atoms with van der Waals surface area (Å²) in [6.45, 7) is 4.98. The van der Waals surface area contributed by atoms with Gasteiger partial charge in [-0.1, -0.05) is 30.5 Å². The van der Waals surface area contributed by atoms with E-state index in [-0.39, 0.29) is 23.8 Å². The second-order valence-electron chi connectivity index (χ2n) is 10.2. The van der Waals surface area contributed by atoms with Crippen LogP contribution in [0.2, 0.25) is 5.02 Å². The Morgan fingerprint density at radius 3 is 2.47 bits per heavy atom. The van der Waals surface area contributed by atoms with Crippen LogP contribution in [0, 0.1) is 5.92 Å². The van der Waals surface area contributed by atoms with Crippen molar-refractivity contribution in [1.82, 2.24) is 19.6 Å². The number of likely N-dealkylation sites (N-methyl/N-ethyl adjacent to an activating group) is 2. The van der Waals surface area contributed by atoms with Crippen molar-refractivity contribution in [2.24, 2.45) is 5.92 Å². The van der Waals surface area contributed by atoms with Crippen LogP contribution in [-0.2, 0) is 9.59 Å². The second-order valence-corrected chi connectivity index (χ2v) is 10.7. The van der Waals surface area contributed by atoms with Crippen LogP contribution in [0.3, 0.4) is 0 Å². The number of hydrogen-bond donors (Lipinski definition) is 0. The number of rotatable bonds is 7. The lowest BCUT2D eigenvalue weighted by atomic mass is 9.90. The summed E-state index contributed by atoms with van der Waals surface area (Å²) < 4.78 is 6.33. The van der Waals surface area contributed by atoms with Gasteiger partial charge < -0.3 is 19.4 Å². The summed E-state index contributed by atoms with van der Waals surface area (Å²) in [6.07, 6.45) is 5.87. The highest BCUT2D eigenvalue weighted by Gasteiger charge is 2.36. The van der Waals surface area contributed by atoms with Crippen LogP contribution in [-0.4, -0.2) is 103 Å². The van der Waals surface area contributed by atoms with E-state index in [9.17, 15) is 9.59 Å². The number of hydrogen-bond acceptors (Lipinski definition) is 5. The Bertz CT molecular complexity index is 839. The van der Waals surface area contributed by atoms with Crippen molar-refractivity contribution in [2.45, 2.75) is 50.7 Å². The van der Waals surface area contributed by atoms with Crippen LogP contribution in [0.1, 0.15) is 38.5 Å². The highest BCUT2D eigenvalue weighted by atomic mass is 35.5. The third kappa shape index (κ3) is 6.64. The molecule has 1 aliphatic carbocycles. The number of carbonyl (C=O) groups is 2. The third-order valence-corrected chi connectivity index (χ3v) is 7.96. The molecule has 2 heterocycles. The average molecular weight is 491 g/mol. The highest BCUT2D eigenvalue weighted by Crippen LogP contribution is 2.28. The number of benzene rings is 1. The molecule has 4 rings (SSSR count). The topological polar surface area (TPSA) is 56.3 Å². The average Bonchev–Trinajstić information content (AvgIpc) is 3.36. The monoisotopic (exact) mass is 490 g/mol. The molecule has 2 aliphatic heterocycles. The molecule has 34 heavy (non-hydrogen) atoms. The minimum atomic E-state index is -0.119. The van der Waals surface area contributed by atoms with Gasteiger partial charge in [0.05, 0.1) is 6.54 Å². The first-order valence-electron chi connectivity index (χ1n) is 12.8. The highest BCUT2D eigenvalue weighted by molar-refractivity contribution is 6.30. The number of likely N-dealkylation sites (tertiary alicyclic amines) is 1. The molecule has 0 N–H and O–H groups in total. The van der Waals surface area contributed by atoms with Gasteiger partial charge in [0, 0.05) is 69.1 Å². The maximum absolute atomic E-state index is 13.2. The van der Waals surface area contributed by atoms with Crippen molar-refractivity contribution >= 4 is 23.4 Å². The fraction of sp³-hybridized carbons (Fsp3) is 0.692. The van der Waals surface area contributed by atoms with Crippen LogP contribution < -0.4 is 4.74 Å². The van der Waals surface area contributed by atoms with Crippen LogP contribution in [0.5, 0.6) is 5.75 Å². The normalized spacial score (nSPS) is 24.6. The van der Waals surface area contributed by atoms with Crippen molar-refractivity contribution in [3.8, 4) is 5.75 Å². The molecule has 0 radical (unpaired) electrons. The maximum Gasteiger partial charge on any atom is 0.236 e. The minimum absolute atomic E-state index is 0.0411. The molecule has 8 heteroatoms. The van der Waals surface area contributed by atoms with Gasteiger partial charge in [0.2, 0.25) is 11.8 Å². The van der Waals surface area contributed by atoms with Gasteiger partial charge in [-0.25, -0.2) is 0 Å². The Hall–Kier alpha value is -1.83. The molecule has 0 aromatic heterocycles. The lowest BCUT2D eigenvalue weighted by Crippen LogP contribution is -2.53. The van der Waals surface area contributed by atoms with Gasteiger partial charge in [-0.2, -0.15) is 0 Å². The molecular weight excluding hydrogens is 452 g/mol. The maximum atomic E-state index is 13.2. The predicted octanol–water partition coefficient (Wildman–Crippen LogP) is 2.97. The smallest absolute Gasteiger partial charge is 0.236 e. The van der Waals surface area contributed by atoms with Crippen LogP contribution in [0.15, 0.2) is 24.3 Å². The quantitative estimate of drug-likeness (QED) is 0.588. The second kappa shape index (κ2) is 11.7. The van der Waals surface area contributed by atoms with Crippen molar-refractivity contribution in [3.05, 3.63) is 29.3 Å². The van der Waals surface area contributed by atoms with E-state index in [0.29, 0.717) is 43.5 Å². The van der Waals surface area contributed by atoms with E-state index in [4.69, 9.17) is 16.3 Å². The number of ether oxygens (including phenoxy) is 1. The number of amides is 2. The first kappa shape index (κ1) is 25.3. The first-order chi connectivity index (χ1) is 16.4. The van der Waals surface area contributed by atoms with Crippen molar-refractivity contribution in [2.75, 3.05) is 59.9 Å². The summed E-state index contributed by atoms with van der Waals surface area (Å²) in [5.41, 5.74) is 0. The summed E-state index contributed by atoms with van der Waals surface area (Å²) in [5.74, 6) is 0.999. The first-order valence-corrected chi connectivity index (χ1v) is 13.1. The van der Waals surface area contributed by atoms with Crippen LogP contribution in [0.4, 0.5) is 0 Å². The van der Waals surface area contributed by atoms with Crippen molar-refractivity contribution in [1.29, 1.82) is 0 Å². The molecule has 1 aromatic carbocycles. The molecule has 3 fully saturated rings. The summed E-state index contributed by atoms with van der Waals surface area (Å²) in [6, 6.07) is 7.93. The van der Waals surface area contributed by atoms with Crippen LogP contribution in [0.25, 0.3) is 0 Å². The van der Waals surface area contributed by atoms with E-state index >= 15 is 0 Å². The van der Waals surface area contributed by atoms with Crippen LogP contribution >= 0.6 is 11.6 Å². The fourth-order valence-electron chi connectivity index (χ4n) is 5.50. The molecule has 2 amide bonds. The van der Waals surface area contributed by atoms with E-state index in [2.05, 4.69) is 23.9 Å². The fourth-order valence-corrected chi connectivity index (χ4v) is 5.68. The lowest BCUT2D eigenvalue weighted by molar-refractivity contribution is -0.140. The Labute approximate surface area is 208 Å². The standard InChI is InChI=1S/C26H39ClN4O3/c1-28-12-14-30(15-13-28)25(32)16-20-18-31(26(33)19-29(2)22-7-3-4-8-22)11-10-24(20)34-23-9-5-6-21(27)17-23/h5-6,9,17,20,22,24H,3-4,7-8,10-16,18-19H2,1-2H3/t20-,24-/m0/s1. The van der Waals surface area contributed by atoms with E-state index in [1.54, 1.807) is 0 Å². The molecule has 2 atom stereocenters. The molecule has 2 saturated heterocycles. The predicted molar refractivity (Wildman–Crippen MR) is 134 cm³/mol. The zero-order valence-electron chi connectivity index (χ0n) is 20.6. The zero-order valence-corrected chi connectivity index (χ0v) is 21.4. The zero-order chi connectivity index (χ0) is 24.1. The molecule has 0 spiro atoms. The summed E-state index contributed by atoms with van der Waals surface area (Å²) >= 11 is 6.16. The van der Waals surface area contributed by atoms with Gasteiger partial charge in [0.15, 0.2) is 0 Å². The number of piperidine rings is 1. The van der Waals surface area contributed by atoms with E-state index < -0.39 is 0 Å². The van der Waals surface area contributed by atoms with Gasteiger partial charge in [-0.15, -0.1) is 0 Å². The largest absolute Gasteiger partial charge is 0.490 e. The van der Waals surface area contributed by atoms with Gasteiger partial charge in [0.25, 0.3) is 0 Å². The van der Waals surface area contributed by atoms with E-state index in [0.717, 1.165) is 31.9 Å². The Morgan fingerprint density at radius 2 is 1.76 bits per heavy atom. The molecule has 0 unspecified atom stereocenters. The SMILES string of the molecule is CN1CCN(C(=O)C[C@H]2CN(C(=O)CN(C)C3CCCC3)CC[C@@H]2Oc2cccc(Cl)c2)CC1. The Balaban J connectivity index is 1.41. The number of halogens is 1. The Morgan fingerprint density at radius 1 is 1.03 bits per heavy atom. The summed E-state index contributed by atoms with van der Waals surface area (Å²) in [4.78, 5) is 34.7. The van der Waals surface area contributed by atoms with Gasteiger partial charge in [0.1, 0.15) is 11.9 Å². The number of piperazine rings is 1. The summed E-state index contributed by atoms with van der Waals surface area (Å²) in [7, 11) is 4.15. The molecular formula is C26H39ClN4O3. The lowest BCUT2D eigenvalue weighted by Gasteiger charge is -2.40. The van der Waals surface area contributed by atoms with Gasteiger partial charge >= 0.3 is 0 Å². The molecule has 1 aromatic rings. The molecule has 188 valence electrons. The number of carbonyl (C=O) groups excluding carboxylic acids is 2. The minimum Gasteiger partial charge on any atom is -0.490 e. The van der Waals surface area contributed by atoms with Crippen molar-refractivity contribution < 1.29 is 14.3 Å². The van der Waals surface area contributed by atoms with Gasteiger partial charge in [-0.05, 0) is 45.1 Å².